The summed E-state index contributed by atoms with van der Waals surface area (Å²) in [6.07, 6.45) is 18.9. The fourth-order valence-corrected chi connectivity index (χ4v) is 4.93. The molecule has 41 heavy (non-hydrogen) atoms. The summed E-state index contributed by atoms with van der Waals surface area (Å²) in [5.74, 6) is 0.169. The average Bonchev–Trinajstić information content (AvgIpc) is 3.77. The number of hydrogen-bond donors (Lipinski definition) is 0. The van der Waals surface area contributed by atoms with Gasteiger partial charge in [0.25, 0.3) is 0 Å². The number of carbonyl (C=O) groups is 2. The van der Waals surface area contributed by atoms with Crippen LogP contribution < -0.4 is 14.2 Å². The first-order valence-electron chi connectivity index (χ1n) is 16.0. The number of epoxide rings is 1. The molecule has 2 atom stereocenters. The van der Waals surface area contributed by atoms with Gasteiger partial charge in [-0.1, -0.05) is 116 Å². The second kappa shape index (κ2) is 19.3. The largest absolute Gasteiger partial charge is 0.494 e. The lowest BCUT2D eigenvalue weighted by Crippen LogP contribution is -2.18. The van der Waals surface area contributed by atoms with Crippen molar-refractivity contribution in [1.82, 2.24) is 0 Å². The summed E-state index contributed by atoms with van der Waals surface area (Å²) in [4.78, 5) is 25.4. The number of benzene rings is 2. The van der Waals surface area contributed by atoms with Crippen molar-refractivity contribution in [2.75, 3.05) is 6.61 Å². The summed E-state index contributed by atoms with van der Waals surface area (Å²) in [5.41, 5.74) is 0.394. The Bertz CT molecular complexity index is 1020. The molecule has 2 aromatic rings. The van der Waals surface area contributed by atoms with E-state index in [2.05, 4.69) is 13.8 Å². The summed E-state index contributed by atoms with van der Waals surface area (Å²) in [7, 11) is 0. The summed E-state index contributed by atoms with van der Waals surface area (Å²) in [6, 6.07) is 13.6. The standard InChI is InChI=1S/C35H50O6/c1-3-5-7-9-11-13-15-19-27-38-29-25-23-28(24-26-29)34(36)40-30-20-17-18-21-31(30)41-35(37)33-32(39-33)22-16-14-12-10-8-6-4-2/h17-18,20-21,23-26,32-33H,3-16,19,22,27H2,1-2H3/t32-,33+/m0/s1. The van der Waals surface area contributed by atoms with Crippen molar-refractivity contribution in [1.29, 1.82) is 0 Å². The van der Waals surface area contributed by atoms with Crippen LogP contribution in [0.15, 0.2) is 48.5 Å². The zero-order valence-corrected chi connectivity index (χ0v) is 25.2. The monoisotopic (exact) mass is 566 g/mol. The van der Waals surface area contributed by atoms with E-state index in [9.17, 15) is 9.59 Å². The minimum Gasteiger partial charge on any atom is -0.494 e. The van der Waals surface area contributed by atoms with Gasteiger partial charge in [-0.15, -0.1) is 0 Å². The van der Waals surface area contributed by atoms with Crippen LogP contribution in [0.2, 0.25) is 0 Å². The molecule has 1 heterocycles. The minimum absolute atomic E-state index is 0.0795. The van der Waals surface area contributed by atoms with E-state index in [0.717, 1.165) is 31.4 Å². The highest BCUT2D eigenvalue weighted by molar-refractivity contribution is 5.91. The van der Waals surface area contributed by atoms with Crippen LogP contribution in [0.25, 0.3) is 0 Å². The van der Waals surface area contributed by atoms with Gasteiger partial charge in [0, 0.05) is 0 Å². The molecule has 0 spiro atoms. The summed E-state index contributed by atoms with van der Waals surface area (Å²) < 4.78 is 22.5. The molecule has 1 aliphatic heterocycles. The van der Waals surface area contributed by atoms with Crippen LogP contribution in [0.4, 0.5) is 0 Å². The maximum atomic E-state index is 12.8. The van der Waals surface area contributed by atoms with Gasteiger partial charge >= 0.3 is 11.9 Å². The highest BCUT2D eigenvalue weighted by Gasteiger charge is 2.46. The Balaban J connectivity index is 1.36. The number of unbranched alkanes of at least 4 members (excludes halogenated alkanes) is 13. The first kappa shape index (κ1) is 32.7. The first-order chi connectivity index (χ1) is 20.1. The summed E-state index contributed by atoms with van der Waals surface area (Å²) in [6.45, 7) is 5.13. The topological polar surface area (TPSA) is 74.4 Å². The van der Waals surface area contributed by atoms with Crippen molar-refractivity contribution < 1.29 is 28.5 Å². The van der Waals surface area contributed by atoms with Crippen LogP contribution in [0.1, 0.15) is 127 Å². The molecule has 226 valence electrons. The van der Waals surface area contributed by atoms with E-state index in [1.165, 1.54) is 77.0 Å². The maximum absolute atomic E-state index is 12.8. The van der Waals surface area contributed by atoms with E-state index in [4.69, 9.17) is 18.9 Å². The van der Waals surface area contributed by atoms with Gasteiger partial charge in [-0.05, 0) is 49.2 Å². The molecular weight excluding hydrogens is 516 g/mol. The Hall–Kier alpha value is -2.86. The highest BCUT2D eigenvalue weighted by Crippen LogP contribution is 2.33. The molecule has 1 fully saturated rings. The molecule has 0 radical (unpaired) electrons. The normalized spacial score (nSPS) is 15.9. The van der Waals surface area contributed by atoms with Crippen molar-refractivity contribution in [3.63, 3.8) is 0 Å². The van der Waals surface area contributed by atoms with Crippen molar-refractivity contribution in [3.8, 4) is 17.2 Å². The van der Waals surface area contributed by atoms with Gasteiger partial charge in [0.05, 0.1) is 18.3 Å². The fourth-order valence-electron chi connectivity index (χ4n) is 4.93. The van der Waals surface area contributed by atoms with Crippen molar-refractivity contribution in [2.45, 2.75) is 129 Å². The first-order valence-corrected chi connectivity index (χ1v) is 16.0. The Morgan fingerprint density at radius 3 is 1.80 bits per heavy atom. The van der Waals surface area contributed by atoms with Crippen LogP contribution in [-0.4, -0.2) is 30.8 Å². The molecule has 0 aromatic heterocycles. The van der Waals surface area contributed by atoms with Gasteiger partial charge < -0.3 is 18.9 Å². The zero-order valence-electron chi connectivity index (χ0n) is 25.2. The molecule has 0 saturated carbocycles. The lowest BCUT2D eigenvalue weighted by Gasteiger charge is -2.10. The minimum atomic E-state index is -0.544. The second-order valence-corrected chi connectivity index (χ2v) is 11.1. The summed E-state index contributed by atoms with van der Waals surface area (Å²) >= 11 is 0. The molecule has 3 rings (SSSR count). The number of hydrogen-bond acceptors (Lipinski definition) is 6. The number of ether oxygens (including phenoxy) is 4. The van der Waals surface area contributed by atoms with Crippen LogP contribution in [0, 0.1) is 0 Å². The van der Waals surface area contributed by atoms with E-state index in [1.807, 2.05) is 0 Å². The van der Waals surface area contributed by atoms with Crippen LogP contribution in [-0.2, 0) is 9.53 Å². The number of esters is 2. The molecule has 0 amide bonds. The Morgan fingerprint density at radius 2 is 1.20 bits per heavy atom. The van der Waals surface area contributed by atoms with E-state index >= 15 is 0 Å². The van der Waals surface area contributed by atoms with E-state index in [1.54, 1.807) is 48.5 Å². The van der Waals surface area contributed by atoms with Gasteiger partial charge in [0.15, 0.2) is 17.6 Å². The van der Waals surface area contributed by atoms with E-state index < -0.39 is 18.0 Å². The van der Waals surface area contributed by atoms with Crippen molar-refractivity contribution >= 4 is 11.9 Å². The SMILES string of the molecule is CCCCCCCCCCOc1ccc(C(=O)Oc2ccccc2OC(=O)[C@@H]2O[C@H]2CCCCCCCCC)cc1. The molecule has 0 aliphatic carbocycles. The third-order valence-corrected chi connectivity index (χ3v) is 7.53. The molecule has 2 aromatic carbocycles. The molecule has 6 heteroatoms. The number of rotatable bonds is 22. The lowest BCUT2D eigenvalue weighted by atomic mass is 10.1. The van der Waals surface area contributed by atoms with Gasteiger partial charge in [0.2, 0.25) is 0 Å². The van der Waals surface area contributed by atoms with Gasteiger partial charge in [-0.25, -0.2) is 9.59 Å². The quantitative estimate of drug-likeness (QED) is 0.0612. The van der Waals surface area contributed by atoms with Crippen molar-refractivity contribution in [2.24, 2.45) is 0 Å². The Morgan fingerprint density at radius 1 is 0.659 bits per heavy atom. The molecule has 0 unspecified atom stereocenters. The van der Waals surface area contributed by atoms with Gasteiger partial charge in [-0.2, -0.15) is 0 Å². The van der Waals surface area contributed by atoms with E-state index in [-0.39, 0.29) is 17.6 Å². The second-order valence-electron chi connectivity index (χ2n) is 11.1. The average molecular weight is 567 g/mol. The lowest BCUT2D eigenvalue weighted by molar-refractivity contribution is -0.135. The van der Waals surface area contributed by atoms with Crippen LogP contribution in [0.3, 0.4) is 0 Å². The smallest absolute Gasteiger partial charge is 0.343 e. The van der Waals surface area contributed by atoms with Crippen LogP contribution in [0.5, 0.6) is 17.2 Å². The molecule has 1 aliphatic rings. The Kier molecular flexibility index (Phi) is 15.4. The Labute approximate surface area is 247 Å². The third kappa shape index (κ3) is 12.7. The maximum Gasteiger partial charge on any atom is 0.343 e. The van der Waals surface area contributed by atoms with Crippen molar-refractivity contribution in [3.05, 3.63) is 54.1 Å². The molecule has 6 nitrogen and oxygen atoms in total. The van der Waals surface area contributed by atoms with E-state index in [0.29, 0.717) is 12.2 Å². The van der Waals surface area contributed by atoms with Crippen LogP contribution >= 0.6 is 0 Å². The van der Waals surface area contributed by atoms with Gasteiger partial charge in [0.1, 0.15) is 5.75 Å². The molecular formula is C35H50O6. The number of para-hydroxylation sites is 2. The van der Waals surface area contributed by atoms with Gasteiger partial charge in [-0.3, -0.25) is 0 Å². The predicted molar refractivity (Wildman–Crippen MR) is 163 cm³/mol. The number of carbonyl (C=O) groups excluding carboxylic acids is 2. The fraction of sp³-hybridized carbons (Fsp3) is 0.600. The third-order valence-electron chi connectivity index (χ3n) is 7.53. The molecule has 0 N–H and O–H groups in total. The molecule has 0 bridgehead atoms. The summed E-state index contributed by atoms with van der Waals surface area (Å²) in [5, 5.41) is 0. The predicted octanol–water partition coefficient (Wildman–Crippen LogP) is 9.24. The highest BCUT2D eigenvalue weighted by atomic mass is 16.6. The zero-order chi connectivity index (χ0) is 29.1. The molecule has 1 saturated heterocycles.